The van der Waals surface area contributed by atoms with Gasteiger partial charge in [0.15, 0.2) is 0 Å². The number of ether oxygens (including phenoxy) is 1. The summed E-state index contributed by atoms with van der Waals surface area (Å²) in [6.45, 7) is 4.17. The number of benzene rings is 2. The number of pyridine rings is 1. The molecule has 1 aromatic heterocycles. The standard InChI is InChI=1S/C32H33F3N4O4.C2H6/c1-43-9-8-36-15-19-10-28(31(42)39(16-19)25-5-6-25)29(40)37-24-12-21(20-2-3-20)11-22(13-24)26-7-4-23(33)14-27(26)30(41)38-17-32(34,35)18-38;1-2/h4,7,10-14,16,20,25,36H,2-3,5-6,8-9,15,17-18H2,1H3,(H,37,40);1-2H3. The van der Waals surface area contributed by atoms with Crippen molar-refractivity contribution in [2.24, 2.45) is 0 Å². The van der Waals surface area contributed by atoms with Crippen LogP contribution in [0.4, 0.5) is 18.9 Å². The van der Waals surface area contributed by atoms with E-state index in [4.69, 9.17) is 4.74 Å². The number of nitrogens with one attached hydrogen (secondary N) is 2. The van der Waals surface area contributed by atoms with Crippen molar-refractivity contribution in [1.82, 2.24) is 14.8 Å². The third-order valence-electron chi connectivity index (χ3n) is 8.01. The van der Waals surface area contributed by atoms with Gasteiger partial charge in [-0.3, -0.25) is 14.4 Å². The van der Waals surface area contributed by atoms with E-state index in [0.717, 1.165) is 47.8 Å². The molecular formula is C34H39F3N4O4. The Morgan fingerprint density at radius 2 is 1.73 bits per heavy atom. The van der Waals surface area contributed by atoms with Gasteiger partial charge in [0.2, 0.25) is 0 Å². The highest BCUT2D eigenvalue weighted by Crippen LogP contribution is 2.43. The van der Waals surface area contributed by atoms with Crippen molar-refractivity contribution >= 4 is 17.5 Å². The van der Waals surface area contributed by atoms with Gasteiger partial charge in [0.05, 0.1) is 25.3 Å². The van der Waals surface area contributed by atoms with Crippen molar-refractivity contribution in [3.63, 3.8) is 0 Å². The highest BCUT2D eigenvalue weighted by atomic mass is 19.3. The lowest BCUT2D eigenvalue weighted by Crippen LogP contribution is -2.58. The molecule has 3 aromatic rings. The lowest BCUT2D eigenvalue weighted by Gasteiger charge is -2.39. The number of carbonyl (C=O) groups excluding carboxylic acids is 2. The average Bonchev–Trinajstić information content (AvgIpc) is 3.93. The van der Waals surface area contributed by atoms with Crippen LogP contribution in [-0.4, -0.2) is 60.6 Å². The summed E-state index contributed by atoms with van der Waals surface area (Å²) < 4.78 is 48.0. The molecule has 1 aliphatic heterocycles. The SMILES string of the molecule is CC.COCCNCc1cc(C(=O)Nc2cc(-c3ccc(F)cc3C(=O)N3CC(F)(F)C3)cc(C3CC3)c2)c(=O)n(C2CC2)c1. The first-order valence-electron chi connectivity index (χ1n) is 15.5. The monoisotopic (exact) mass is 624 g/mol. The molecule has 1 saturated heterocycles. The van der Waals surface area contributed by atoms with Gasteiger partial charge in [-0.15, -0.1) is 0 Å². The van der Waals surface area contributed by atoms with Gasteiger partial charge in [-0.1, -0.05) is 26.0 Å². The normalized spacial score (nSPS) is 16.8. The van der Waals surface area contributed by atoms with Crippen molar-refractivity contribution in [3.8, 4) is 11.1 Å². The smallest absolute Gasteiger partial charge is 0.282 e. The van der Waals surface area contributed by atoms with Crippen LogP contribution in [0.5, 0.6) is 0 Å². The molecule has 2 N–H and O–H groups in total. The van der Waals surface area contributed by atoms with Gasteiger partial charge in [0, 0.05) is 38.1 Å². The number of rotatable bonds is 11. The van der Waals surface area contributed by atoms with Crippen LogP contribution >= 0.6 is 0 Å². The quantitative estimate of drug-likeness (QED) is 0.257. The number of amides is 2. The molecule has 0 atom stereocenters. The minimum atomic E-state index is -2.96. The van der Waals surface area contributed by atoms with Gasteiger partial charge in [-0.25, -0.2) is 13.2 Å². The van der Waals surface area contributed by atoms with Crippen LogP contribution in [0.25, 0.3) is 11.1 Å². The van der Waals surface area contributed by atoms with Crippen molar-refractivity contribution in [1.29, 1.82) is 0 Å². The maximum atomic E-state index is 14.3. The molecule has 2 amide bonds. The second-order valence-electron chi connectivity index (χ2n) is 11.7. The van der Waals surface area contributed by atoms with E-state index in [9.17, 15) is 27.6 Å². The molecule has 0 radical (unpaired) electrons. The molecule has 45 heavy (non-hydrogen) atoms. The van der Waals surface area contributed by atoms with E-state index in [2.05, 4.69) is 10.6 Å². The van der Waals surface area contributed by atoms with E-state index >= 15 is 0 Å². The molecule has 2 heterocycles. The van der Waals surface area contributed by atoms with Crippen molar-refractivity contribution in [2.75, 3.05) is 38.7 Å². The van der Waals surface area contributed by atoms with Gasteiger partial charge in [-0.05, 0) is 84.2 Å². The first kappa shape index (κ1) is 32.4. The fourth-order valence-electron chi connectivity index (χ4n) is 5.45. The second kappa shape index (κ2) is 13.6. The number of aromatic nitrogens is 1. The maximum absolute atomic E-state index is 14.3. The number of carbonyl (C=O) groups is 2. The number of alkyl halides is 2. The number of nitrogens with zero attached hydrogens (tertiary/aromatic N) is 2. The number of hydrogen-bond donors (Lipinski definition) is 2. The fraction of sp³-hybridized carbons (Fsp3) is 0.441. The molecule has 2 aromatic carbocycles. The van der Waals surface area contributed by atoms with E-state index in [0.29, 0.717) is 36.5 Å². The second-order valence-corrected chi connectivity index (χ2v) is 11.7. The van der Waals surface area contributed by atoms with Crippen LogP contribution in [-0.2, 0) is 11.3 Å². The largest absolute Gasteiger partial charge is 0.383 e. The van der Waals surface area contributed by atoms with Gasteiger partial charge in [0.25, 0.3) is 23.3 Å². The Kier molecular flexibility index (Phi) is 9.79. The first-order valence-corrected chi connectivity index (χ1v) is 15.5. The summed E-state index contributed by atoms with van der Waals surface area (Å²) in [4.78, 5) is 41.0. The zero-order chi connectivity index (χ0) is 32.3. The highest BCUT2D eigenvalue weighted by Gasteiger charge is 2.46. The Labute approximate surface area is 260 Å². The molecule has 3 aliphatic rings. The van der Waals surface area contributed by atoms with Crippen LogP contribution in [0.3, 0.4) is 0 Å². The number of anilines is 1. The van der Waals surface area contributed by atoms with E-state index < -0.39 is 36.6 Å². The predicted octanol–water partition coefficient (Wildman–Crippen LogP) is 5.97. The molecule has 0 spiro atoms. The Bertz CT molecular complexity index is 1620. The lowest BCUT2D eigenvalue weighted by molar-refractivity contribution is -0.113. The zero-order valence-corrected chi connectivity index (χ0v) is 25.8. The third kappa shape index (κ3) is 7.65. The molecule has 6 rings (SSSR count). The van der Waals surface area contributed by atoms with E-state index in [1.165, 1.54) is 12.1 Å². The summed E-state index contributed by atoms with van der Waals surface area (Å²) in [5.41, 5.74) is 2.69. The van der Waals surface area contributed by atoms with E-state index in [-0.39, 0.29) is 28.6 Å². The Balaban J connectivity index is 0.00000196. The molecule has 0 unspecified atom stereocenters. The van der Waals surface area contributed by atoms with Gasteiger partial charge in [0.1, 0.15) is 11.4 Å². The third-order valence-corrected chi connectivity index (χ3v) is 8.01. The molecule has 240 valence electrons. The molecule has 11 heteroatoms. The summed E-state index contributed by atoms with van der Waals surface area (Å²) >= 11 is 0. The summed E-state index contributed by atoms with van der Waals surface area (Å²) in [7, 11) is 1.61. The van der Waals surface area contributed by atoms with Crippen LogP contribution in [0.15, 0.2) is 53.5 Å². The number of hydrogen-bond acceptors (Lipinski definition) is 5. The van der Waals surface area contributed by atoms with Crippen molar-refractivity contribution in [3.05, 3.63) is 87.1 Å². The minimum absolute atomic E-state index is 0.0210. The Morgan fingerprint density at radius 1 is 1.00 bits per heavy atom. The summed E-state index contributed by atoms with van der Waals surface area (Å²) in [5.74, 6) is -4.59. The highest BCUT2D eigenvalue weighted by molar-refractivity contribution is 6.05. The molecule has 8 nitrogen and oxygen atoms in total. The summed E-state index contributed by atoms with van der Waals surface area (Å²) in [6, 6.07) is 10.8. The zero-order valence-electron chi connectivity index (χ0n) is 25.8. The van der Waals surface area contributed by atoms with Crippen molar-refractivity contribution < 1.29 is 27.5 Å². The fourth-order valence-corrected chi connectivity index (χ4v) is 5.45. The van der Waals surface area contributed by atoms with Crippen LogP contribution < -0.4 is 16.2 Å². The lowest BCUT2D eigenvalue weighted by atomic mass is 9.94. The summed E-state index contributed by atoms with van der Waals surface area (Å²) in [5, 5.41) is 6.12. The number of methoxy groups -OCH3 is 1. The van der Waals surface area contributed by atoms with Crippen LogP contribution in [0, 0.1) is 5.82 Å². The average molecular weight is 625 g/mol. The van der Waals surface area contributed by atoms with E-state index in [1.807, 2.05) is 26.0 Å². The molecule has 2 aliphatic carbocycles. The van der Waals surface area contributed by atoms with Gasteiger partial charge >= 0.3 is 0 Å². The van der Waals surface area contributed by atoms with Gasteiger partial charge in [-0.2, -0.15) is 0 Å². The molecular weight excluding hydrogens is 585 g/mol. The minimum Gasteiger partial charge on any atom is -0.383 e. The Hall–Kier alpha value is -3.96. The molecule has 2 saturated carbocycles. The molecule has 3 fully saturated rings. The van der Waals surface area contributed by atoms with Gasteiger partial charge < -0.3 is 24.8 Å². The topological polar surface area (TPSA) is 92.7 Å². The number of likely N-dealkylation sites (tertiary alicyclic amines) is 1. The first-order chi connectivity index (χ1) is 21.6. The predicted molar refractivity (Wildman–Crippen MR) is 167 cm³/mol. The molecule has 0 bridgehead atoms. The van der Waals surface area contributed by atoms with Crippen LogP contribution in [0.2, 0.25) is 0 Å². The Morgan fingerprint density at radius 3 is 2.38 bits per heavy atom. The summed E-state index contributed by atoms with van der Waals surface area (Å²) in [6.07, 6.45) is 5.46. The van der Waals surface area contributed by atoms with Crippen LogP contribution in [0.1, 0.15) is 83.3 Å². The number of halogens is 3. The van der Waals surface area contributed by atoms with Crippen molar-refractivity contribution in [2.45, 2.75) is 64.0 Å². The maximum Gasteiger partial charge on any atom is 0.282 e. The van der Waals surface area contributed by atoms with E-state index in [1.54, 1.807) is 30.0 Å².